The molecule has 2 aromatic carbocycles. The summed E-state index contributed by atoms with van der Waals surface area (Å²) < 4.78 is 5.14. The zero-order valence-corrected chi connectivity index (χ0v) is 12.0. The van der Waals surface area contributed by atoms with Crippen molar-refractivity contribution in [2.24, 2.45) is 0 Å². The lowest BCUT2D eigenvalue weighted by Gasteiger charge is -2.25. The van der Waals surface area contributed by atoms with Crippen LogP contribution in [-0.2, 0) is 6.54 Å². The number of carbonyl (C=O) groups excluding carboxylic acids is 1. The third-order valence-corrected chi connectivity index (χ3v) is 3.23. The average molecular weight is 292 g/mol. The maximum atomic E-state index is 12.2. The molecule has 0 bridgehead atoms. The van der Waals surface area contributed by atoms with Crippen LogP contribution in [0.3, 0.4) is 0 Å². The molecule has 1 amide bonds. The molecule has 0 saturated carbocycles. The molecule has 0 radical (unpaired) electrons. The number of rotatable bonds is 5. The van der Waals surface area contributed by atoms with Crippen LogP contribution >= 0.6 is 0 Å². The van der Waals surface area contributed by atoms with Gasteiger partial charge in [-0.2, -0.15) is 0 Å². The first-order chi connectivity index (χ1) is 10.8. The fraction of sp³-hybridized carbons (Fsp3) is 0.0556. The van der Waals surface area contributed by atoms with E-state index in [2.05, 4.69) is 5.43 Å². The quantitative estimate of drug-likeness (QED) is 0.730. The summed E-state index contributed by atoms with van der Waals surface area (Å²) in [6.07, 6.45) is 1.49. The Morgan fingerprint density at radius 1 is 0.909 bits per heavy atom. The molecule has 0 aliphatic carbocycles. The summed E-state index contributed by atoms with van der Waals surface area (Å²) in [6.45, 7) is 0.567. The molecule has 0 aliphatic heterocycles. The van der Waals surface area contributed by atoms with Crippen molar-refractivity contribution in [3.05, 3.63) is 90.4 Å². The van der Waals surface area contributed by atoms with E-state index < -0.39 is 0 Å². The minimum Gasteiger partial charge on any atom is -0.459 e. The SMILES string of the molecule is O=C(NN(Cc1ccccc1)c1ccccc1)c1ccco1. The van der Waals surface area contributed by atoms with E-state index >= 15 is 0 Å². The van der Waals surface area contributed by atoms with Crippen molar-refractivity contribution in [1.82, 2.24) is 5.43 Å². The Labute approximate surface area is 129 Å². The van der Waals surface area contributed by atoms with E-state index in [-0.39, 0.29) is 11.7 Å². The normalized spacial score (nSPS) is 10.2. The molecular formula is C18H16N2O2. The average Bonchev–Trinajstić information content (AvgIpc) is 3.11. The van der Waals surface area contributed by atoms with Gasteiger partial charge >= 0.3 is 5.91 Å². The number of benzene rings is 2. The molecule has 3 aromatic rings. The van der Waals surface area contributed by atoms with Gasteiger partial charge in [0.1, 0.15) is 0 Å². The minimum absolute atomic E-state index is 0.273. The molecule has 1 heterocycles. The number of hydrogen-bond donors (Lipinski definition) is 1. The van der Waals surface area contributed by atoms with E-state index in [4.69, 9.17) is 4.42 Å². The van der Waals surface area contributed by atoms with E-state index in [0.29, 0.717) is 6.54 Å². The number of anilines is 1. The lowest BCUT2D eigenvalue weighted by Crippen LogP contribution is -2.41. The number of hydrogen-bond acceptors (Lipinski definition) is 3. The Kier molecular flexibility index (Phi) is 4.20. The van der Waals surface area contributed by atoms with Gasteiger partial charge in [-0.05, 0) is 29.8 Å². The highest BCUT2D eigenvalue weighted by atomic mass is 16.3. The molecule has 1 N–H and O–H groups in total. The fourth-order valence-corrected chi connectivity index (χ4v) is 2.15. The topological polar surface area (TPSA) is 45.5 Å². The molecule has 110 valence electrons. The van der Waals surface area contributed by atoms with Gasteiger partial charge in [0.25, 0.3) is 0 Å². The molecule has 0 spiro atoms. The van der Waals surface area contributed by atoms with E-state index in [1.807, 2.05) is 60.7 Å². The van der Waals surface area contributed by atoms with Crippen molar-refractivity contribution < 1.29 is 9.21 Å². The molecule has 0 atom stereocenters. The molecule has 1 aromatic heterocycles. The Hall–Kier alpha value is -3.01. The van der Waals surface area contributed by atoms with Gasteiger partial charge in [-0.3, -0.25) is 15.2 Å². The number of hydrazine groups is 1. The predicted molar refractivity (Wildman–Crippen MR) is 85.2 cm³/mol. The number of furan rings is 1. The van der Waals surface area contributed by atoms with Gasteiger partial charge in [-0.1, -0.05) is 48.5 Å². The van der Waals surface area contributed by atoms with Crippen LogP contribution in [0.1, 0.15) is 16.1 Å². The second-order valence-electron chi connectivity index (χ2n) is 4.83. The summed E-state index contributed by atoms with van der Waals surface area (Å²) in [5.74, 6) is 0.0128. The largest absolute Gasteiger partial charge is 0.459 e. The summed E-state index contributed by atoms with van der Waals surface area (Å²) >= 11 is 0. The van der Waals surface area contributed by atoms with E-state index in [0.717, 1.165) is 11.3 Å². The first-order valence-electron chi connectivity index (χ1n) is 7.04. The van der Waals surface area contributed by atoms with Gasteiger partial charge in [0.05, 0.1) is 18.5 Å². The Balaban J connectivity index is 1.82. The predicted octanol–water partition coefficient (Wildman–Crippen LogP) is 3.63. The number of nitrogens with one attached hydrogen (secondary N) is 1. The Morgan fingerprint density at radius 2 is 1.59 bits per heavy atom. The number of nitrogens with zero attached hydrogens (tertiary/aromatic N) is 1. The van der Waals surface area contributed by atoms with Gasteiger partial charge in [0.2, 0.25) is 0 Å². The standard InChI is InChI=1S/C18H16N2O2/c21-18(17-12-7-13-22-17)19-20(16-10-5-2-6-11-16)14-15-8-3-1-4-9-15/h1-13H,14H2,(H,19,21). The fourth-order valence-electron chi connectivity index (χ4n) is 2.15. The van der Waals surface area contributed by atoms with Crippen LogP contribution in [0.4, 0.5) is 5.69 Å². The van der Waals surface area contributed by atoms with Crippen molar-refractivity contribution in [2.75, 3.05) is 5.01 Å². The lowest BCUT2D eigenvalue weighted by molar-refractivity contribution is 0.0920. The molecule has 22 heavy (non-hydrogen) atoms. The molecule has 0 fully saturated rings. The van der Waals surface area contributed by atoms with Crippen molar-refractivity contribution in [3.63, 3.8) is 0 Å². The highest BCUT2D eigenvalue weighted by molar-refractivity contribution is 5.92. The van der Waals surface area contributed by atoms with Crippen molar-refractivity contribution >= 4 is 11.6 Å². The molecule has 0 unspecified atom stereocenters. The molecule has 4 nitrogen and oxygen atoms in total. The second kappa shape index (κ2) is 6.63. The van der Waals surface area contributed by atoms with E-state index in [1.165, 1.54) is 6.26 Å². The molecular weight excluding hydrogens is 276 g/mol. The van der Waals surface area contributed by atoms with Crippen LogP contribution in [0.15, 0.2) is 83.5 Å². The van der Waals surface area contributed by atoms with Gasteiger partial charge in [-0.15, -0.1) is 0 Å². The maximum absolute atomic E-state index is 12.2. The van der Waals surface area contributed by atoms with Crippen LogP contribution in [0.2, 0.25) is 0 Å². The maximum Gasteiger partial charge on any atom is 0.305 e. The smallest absolute Gasteiger partial charge is 0.305 e. The van der Waals surface area contributed by atoms with Gasteiger partial charge in [-0.25, -0.2) is 0 Å². The highest BCUT2D eigenvalue weighted by Gasteiger charge is 2.14. The third-order valence-electron chi connectivity index (χ3n) is 3.23. The molecule has 0 aliphatic rings. The van der Waals surface area contributed by atoms with Crippen LogP contribution in [-0.4, -0.2) is 5.91 Å². The number of amides is 1. The summed E-state index contributed by atoms with van der Waals surface area (Å²) in [7, 11) is 0. The van der Waals surface area contributed by atoms with Crippen LogP contribution < -0.4 is 10.4 Å². The van der Waals surface area contributed by atoms with E-state index in [9.17, 15) is 4.79 Å². The van der Waals surface area contributed by atoms with Gasteiger partial charge in [0, 0.05) is 0 Å². The summed E-state index contributed by atoms with van der Waals surface area (Å²) in [6, 6.07) is 23.0. The monoisotopic (exact) mass is 292 g/mol. The first kappa shape index (κ1) is 13.9. The van der Waals surface area contributed by atoms with Crippen LogP contribution in [0, 0.1) is 0 Å². The lowest BCUT2D eigenvalue weighted by atomic mass is 10.2. The van der Waals surface area contributed by atoms with Crippen LogP contribution in [0.25, 0.3) is 0 Å². The zero-order chi connectivity index (χ0) is 15.2. The second-order valence-corrected chi connectivity index (χ2v) is 4.83. The summed E-state index contributed by atoms with van der Waals surface area (Å²) in [5.41, 5.74) is 4.90. The van der Waals surface area contributed by atoms with E-state index in [1.54, 1.807) is 17.1 Å². The summed E-state index contributed by atoms with van der Waals surface area (Å²) in [4.78, 5) is 12.2. The van der Waals surface area contributed by atoms with Crippen molar-refractivity contribution in [2.45, 2.75) is 6.54 Å². The highest BCUT2D eigenvalue weighted by Crippen LogP contribution is 2.15. The molecule has 3 rings (SSSR count). The molecule has 0 saturated heterocycles. The Bertz CT molecular complexity index is 709. The molecule has 4 heteroatoms. The van der Waals surface area contributed by atoms with Crippen molar-refractivity contribution in [3.8, 4) is 0 Å². The van der Waals surface area contributed by atoms with Crippen molar-refractivity contribution in [1.29, 1.82) is 0 Å². The van der Waals surface area contributed by atoms with Crippen LogP contribution in [0.5, 0.6) is 0 Å². The van der Waals surface area contributed by atoms with Gasteiger partial charge < -0.3 is 4.42 Å². The minimum atomic E-state index is -0.273. The number of para-hydroxylation sites is 1. The first-order valence-corrected chi connectivity index (χ1v) is 7.04. The van der Waals surface area contributed by atoms with Gasteiger partial charge in [0.15, 0.2) is 5.76 Å². The summed E-state index contributed by atoms with van der Waals surface area (Å²) in [5, 5.41) is 1.81. The third kappa shape index (κ3) is 3.35. The zero-order valence-electron chi connectivity index (χ0n) is 12.0. The Morgan fingerprint density at radius 3 is 2.23 bits per heavy atom. The number of carbonyl (C=O) groups is 1.